The van der Waals surface area contributed by atoms with E-state index >= 15 is 0 Å². The highest BCUT2D eigenvalue weighted by molar-refractivity contribution is 5.26. The molecule has 0 bridgehead atoms. The molecule has 1 N–H and O–H groups in total. The summed E-state index contributed by atoms with van der Waals surface area (Å²) in [4.78, 5) is 0. The lowest BCUT2D eigenvalue weighted by molar-refractivity contribution is 0.284. The van der Waals surface area contributed by atoms with Crippen molar-refractivity contribution in [2.45, 2.75) is 13.2 Å². The van der Waals surface area contributed by atoms with Gasteiger partial charge in [0, 0.05) is 11.6 Å². The van der Waals surface area contributed by atoms with Crippen LogP contribution in [0.25, 0.3) is 0 Å². The number of nitrogens with one attached hydrogen (secondary N) is 1. The Morgan fingerprint density at radius 2 is 2.11 bits per heavy atom. The first-order chi connectivity index (χ1) is 8.70. The molecule has 1 heterocycles. The van der Waals surface area contributed by atoms with Crippen LogP contribution in [0.3, 0.4) is 0 Å². The Balaban J connectivity index is 2.06. The minimum absolute atomic E-state index is 0.105. The molecule has 0 aliphatic heterocycles. The van der Waals surface area contributed by atoms with Gasteiger partial charge in [0.1, 0.15) is 18.2 Å². The number of ether oxygens (including phenoxy) is 1. The predicted molar refractivity (Wildman–Crippen MR) is 62.2 cm³/mol. The molecular weight excluding hydrogens is 240 g/mol. The number of furan rings is 1. The normalized spacial score (nSPS) is 10.6. The maximum Gasteiger partial charge on any atom is 0.165 e. The van der Waals surface area contributed by atoms with Gasteiger partial charge in [0.15, 0.2) is 11.6 Å². The van der Waals surface area contributed by atoms with Crippen molar-refractivity contribution in [3.8, 4) is 5.75 Å². The van der Waals surface area contributed by atoms with Gasteiger partial charge in [-0.05, 0) is 25.2 Å². The van der Waals surface area contributed by atoms with E-state index in [2.05, 4.69) is 5.32 Å². The van der Waals surface area contributed by atoms with Crippen LogP contribution < -0.4 is 10.1 Å². The summed E-state index contributed by atoms with van der Waals surface area (Å²) in [5.74, 6) is -0.509. The van der Waals surface area contributed by atoms with Crippen LogP contribution in [0, 0.1) is 11.6 Å². The Hall–Kier alpha value is -1.88. The predicted octanol–water partition coefficient (Wildman–Crippen LogP) is 2.86. The van der Waals surface area contributed by atoms with E-state index in [0.29, 0.717) is 12.3 Å². The first kappa shape index (κ1) is 12.6. The van der Waals surface area contributed by atoms with Gasteiger partial charge in [-0.15, -0.1) is 0 Å². The van der Waals surface area contributed by atoms with Crippen LogP contribution >= 0.6 is 0 Å². The average Bonchev–Trinajstić information content (AvgIpc) is 2.78. The lowest BCUT2D eigenvalue weighted by Gasteiger charge is -2.07. The molecule has 1 aromatic carbocycles. The zero-order chi connectivity index (χ0) is 13.0. The summed E-state index contributed by atoms with van der Waals surface area (Å²) in [5, 5.41) is 2.95. The average molecular weight is 253 g/mol. The number of hydrogen-bond acceptors (Lipinski definition) is 3. The summed E-state index contributed by atoms with van der Waals surface area (Å²) < 4.78 is 36.7. The monoisotopic (exact) mass is 253 g/mol. The SMILES string of the molecule is CNCc1occc1COc1cc(F)ccc1F. The smallest absolute Gasteiger partial charge is 0.165 e. The van der Waals surface area contributed by atoms with E-state index in [-0.39, 0.29) is 12.4 Å². The van der Waals surface area contributed by atoms with Crippen LogP contribution in [0.2, 0.25) is 0 Å². The van der Waals surface area contributed by atoms with Gasteiger partial charge in [0.05, 0.1) is 12.8 Å². The molecule has 0 radical (unpaired) electrons. The topological polar surface area (TPSA) is 34.4 Å². The molecule has 0 aliphatic carbocycles. The zero-order valence-electron chi connectivity index (χ0n) is 9.87. The van der Waals surface area contributed by atoms with Crippen LogP contribution in [0.15, 0.2) is 34.9 Å². The van der Waals surface area contributed by atoms with Gasteiger partial charge in [-0.1, -0.05) is 0 Å². The molecule has 0 spiro atoms. The molecule has 2 rings (SSSR count). The summed E-state index contributed by atoms with van der Waals surface area (Å²) in [6, 6.07) is 4.85. The van der Waals surface area contributed by atoms with Gasteiger partial charge in [-0.3, -0.25) is 0 Å². The van der Waals surface area contributed by atoms with Crippen molar-refractivity contribution in [2.24, 2.45) is 0 Å². The zero-order valence-corrected chi connectivity index (χ0v) is 9.87. The maximum absolute atomic E-state index is 13.3. The fraction of sp³-hybridized carbons (Fsp3) is 0.231. The van der Waals surface area contributed by atoms with Crippen molar-refractivity contribution < 1.29 is 17.9 Å². The van der Waals surface area contributed by atoms with E-state index in [4.69, 9.17) is 9.15 Å². The minimum atomic E-state index is -0.588. The van der Waals surface area contributed by atoms with Crippen molar-refractivity contribution in [3.63, 3.8) is 0 Å². The van der Waals surface area contributed by atoms with E-state index in [1.54, 1.807) is 13.1 Å². The van der Waals surface area contributed by atoms with Gasteiger partial charge >= 0.3 is 0 Å². The highest BCUT2D eigenvalue weighted by atomic mass is 19.1. The molecule has 0 atom stereocenters. The highest BCUT2D eigenvalue weighted by Gasteiger charge is 2.09. The summed E-state index contributed by atoms with van der Waals surface area (Å²) in [6.45, 7) is 0.686. The van der Waals surface area contributed by atoms with Crippen LogP contribution in [0.1, 0.15) is 11.3 Å². The highest BCUT2D eigenvalue weighted by Crippen LogP contribution is 2.20. The number of benzene rings is 1. The molecule has 96 valence electrons. The van der Waals surface area contributed by atoms with Crippen molar-refractivity contribution in [2.75, 3.05) is 7.05 Å². The van der Waals surface area contributed by atoms with Gasteiger partial charge < -0.3 is 14.5 Å². The quantitative estimate of drug-likeness (QED) is 0.889. The molecule has 0 unspecified atom stereocenters. The van der Waals surface area contributed by atoms with Crippen molar-refractivity contribution in [3.05, 3.63) is 53.5 Å². The fourth-order valence-corrected chi connectivity index (χ4v) is 1.55. The second kappa shape index (κ2) is 5.64. The Labute approximate surface area is 103 Å². The molecule has 3 nitrogen and oxygen atoms in total. The number of hydrogen-bond donors (Lipinski definition) is 1. The van der Waals surface area contributed by atoms with Gasteiger partial charge in [0.25, 0.3) is 0 Å². The molecule has 0 aliphatic rings. The van der Waals surface area contributed by atoms with E-state index in [1.165, 1.54) is 6.26 Å². The summed E-state index contributed by atoms with van der Waals surface area (Å²) >= 11 is 0. The third-order valence-corrected chi connectivity index (χ3v) is 2.45. The molecule has 5 heteroatoms. The van der Waals surface area contributed by atoms with Crippen molar-refractivity contribution in [1.29, 1.82) is 0 Å². The standard InChI is InChI=1S/C13H13F2NO2/c1-16-7-13-9(4-5-17-13)8-18-12-6-10(14)2-3-11(12)15/h2-6,16H,7-8H2,1H3. The summed E-state index contributed by atoms with van der Waals surface area (Å²) in [7, 11) is 1.79. The molecule has 2 aromatic rings. The first-order valence-corrected chi connectivity index (χ1v) is 5.48. The first-order valence-electron chi connectivity index (χ1n) is 5.48. The molecule has 0 saturated carbocycles. The second-order valence-corrected chi connectivity index (χ2v) is 3.76. The molecule has 0 fully saturated rings. The summed E-state index contributed by atoms with van der Waals surface area (Å²) in [5.41, 5.74) is 0.799. The van der Waals surface area contributed by atoms with Crippen LogP contribution in [0.5, 0.6) is 5.75 Å². The Morgan fingerprint density at radius 3 is 2.89 bits per heavy atom. The Kier molecular flexibility index (Phi) is 3.94. The lowest BCUT2D eigenvalue weighted by atomic mass is 10.2. The van der Waals surface area contributed by atoms with Crippen molar-refractivity contribution in [1.82, 2.24) is 5.32 Å². The number of halogens is 2. The lowest BCUT2D eigenvalue weighted by Crippen LogP contribution is -2.07. The molecular formula is C13H13F2NO2. The van der Waals surface area contributed by atoms with Crippen LogP contribution in [-0.2, 0) is 13.2 Å². The van der Waals surface area contributed by atoms with E-state index in [0.717, 1.165) is 23.8 Å². The third kappa shape index (κ3) is 2.87. The maximum atomic E-state index is 13.3. The second-order valence-electron chi connectivity index (χ2n) is 3.76. The van der Waals surface area contributed by atoms with Crippen LogP contribution in [-0.4, -0.2) is 7.05 Å². The summed E-state index contributed by atoms with van der Waals surface area (Å²) in [6.07, 6.45) is 1.54. The van der Waals surface area contributed by atoms with E-state index in [1.807, 2.05) is 0 Å². The fourth-order valence-electron chi connectivity index (χ4n) is 1.55. The Bertz CT molecular complexity index is 525. The van der Waals surface area contributed by atoms with E-state index < -0.39 is 11.6 Å². The molecule has 0 saturated heterocycles. The molecule has 0 amide bonds. The van der Waals surface area contributed by atoms with Gasteiger partial charge in [0.2, 0.25) is 0 Å². The minimum Gasteiger partial charge on any atom is -0.486 e. The largest absolute Gasteiger partial charge is 0.486 e. The molecule has 1 aromatic heterocycles. The number of rotatable bonds is 5. The van der Waals surface area contributed by atoms with E-state index in [9.17, 15) is 8.78 Å². The van der Waals surface area contributed by atoms with Crippen molar-refractivity contribution >= 4 is 0 Å². The van der Waals surface area contributed by atoms with Gasteiger partial charge in [-0.2, -0.15) is 0 Å². The van der Waals surface area contributed by atoms with Crippen LogP contribution in [0.4, 0.5) is 8.78 Å². The molecule has 18 heavy (non-hydrogen) atoms. The van der Waals surface area contributed by atoms with Gasteiger partial charge in [-0.25, -0.2) is 8.78 Å². The Morgan fingerprint density at radius 1 is 1.28 bits per heavy atom. The third-order valence-electron chi connectivity index (χ3n) is 2.45.